The molecule has 2 heterocycles. The SMILES string of the molecule is CN1CCN(Nc2nccs2)CC1. The first-order valence-electron chi connectivity index (χ1n) is 4.44. The lowest BCUT2D eigenvalue weighted by Crippen LogP contribution is -2.46. The maximum atomic E-state index is 4.18. The van der Waals surface area contributed by atoms with Gasteiger partial charge in [-0.3, -0.25) is 5.43 Å². The highest BCUT2D eigenvalue weighted by molar-refractivity contribution is 7.13. The number of thiazole rings is 1. The van der Waals surface area contributed by atoms with E-state index in [9.17, 15) is 0 Å². The van der Waals surface area contributed by atoms with E-state index in [0.717, 1.165) is 31.3 Å². The third-order valence-electron chi connectivity index (χ3n) is 2.19. The minimum atomic E-state index is 0.990. The molecule has 0 unspecified atom stereocenters. The summed E-state index contributed by atoms with van der Waals surface area (Å²) in [6.45, 7) is 4.38. The van der Waals surface area contributed by atoms with Crippen molar-refractivity contribution >= 4 is 16.5 Å². The van der Waals surface area contributed by atoms with Gasteiger partial charge in [0.05, 0.1) is 0 Å². The van der Waals surface area contributed by atoms with Gasteiger partial charge in [0.2, 0.25) is 0 Å². The molecule has 0 amide bonds. The summed E-state index contributed by atoms with van der Waals surface area (Å²) < 4.78 is 0. The first-order valence-corrected chi connectivity index (χ1v) is 5.32. The molecule has 1 aliphatic rings. The maximum Gasteiger partial charge on any atom is 0.197 e. The van der Waals surface area contributed by atoms with Gasteiger partial charge in [0.15, 0.2) is 5.13 Å². The number of nitrogens with one attached hydrogen (secondary N) is 1. The smallest absolute Gasteiger partial charge is 0.197 e. The van der Waals surface area contributed by atoms with Crippen LogP contribution in [0.25, 0.3) is 0 Å². The van der Waals surface area contributed by atoms with Crippen LogP contribution in [0.3, 0.4) is 0 Å². The molecular weight excluding hydrogens is 184 g/mol. The molecule has 1 fully saturated rings. The van der Waals surface area contributed by atoms with Crippen LogP contribution >= 0.6 is 11.3 Å². The average Bonchev–Trinajstić information content (AvgIpc) is 2.62. The fourth-order valence-electron chi connectivity index (χ4n) is 1.33. The molecule has 0 atom stereocenters. The summed E-state index contributed by atoms with van der Waals surface area (Å²) in [4.78, 5) is 6.51. The van der Waals surface area contributed by atoms with Crippen molar-refractivity contribution < 1.29 is 0 Å². The monoisotopic (exact) mass is 198 g/mol. The zero-order valence-electron chi connectivity index (χ0n) is 7.73. The number of aromatic nitrogens is 1. The molecule has 13 heavy (non-hydrogen) atoms. The van der Waals surface area contributed by atoms with Gasteiger partial charge >= 0.3 is 0 Å². The van der Waals surface area contributed by atoms with Crippen molar-refractivity contribution in [3.05, 3.63) is 11.6 Å². The summed E-state index contributed by atoms with van der Waals surface area (Å²) in [7, 11) is 2.15. The first-order chi connectivity index (χ1) is 6.34. The molecule has 0 saturated carbocycles. The van der Waals surface area contributed by atoms with Crippen molar-refractivity contribution in [2.75, 3.05) is 38.7 Å². The second-order valence-corrected chi connectivity index (χ2v) is 4.13. The van der Waals surface area contributed by atoms with Crippen molar-refractivity contribution in [1.82, 2.24) is 14.9 Å². The van der Waals surface area contributed by atoms with Gasteiger partial charge in [0, 0.05) is 37.8 Å². The summed E-state index contributed by atoms with van der Waals surface area (Å²) in [5, 5.41) is 5.20. The van der Waals surface area contributed by atoms with Crippen molar-refractivity contribution in [2.45, 2.75) is 0 Å². The molecule has 0 aromatic carbocycles. The zero-order valence-corrected chi connectivity index (χ0v) is 8.55. The Hall–Kier alpha value is -0.650. The van der Waals surface area contributed by atoms with Crippen molar-refractivity contribution in [2.24, 2.45) is 0 Å². The van der Waals surface area contributed by atoms with Gasteiger partial charge in [0.25, 0.3) is 0 Å². The molecule has 0 spiro atoms. The zero-order chi connectivity index (χ0) is 9.10. The standard InChI is InChI=1S/C8H14N4S/c1-11-3-5-12(6-4-11)10-8-9-2-7-13-8/h2,7H,3-6H2,1H3,(H,9,10). The van der Waals surface area contributed by atoms with E-state index in [4.69, 9.17) is 0 Å². The molecule has 1 aromatic rings. The second kappa shape index (κ2) is 4.04. The van der Waals surface area contributed by atoms with Gasteiger partial charge in [-0.25, -0.2) is 9.99 Å². The Morgan fingerprint density at radius 3 is 2.77 bits per heavy atom. The van der Waals surface area contributed by atoms with E-state index < -0.39 is 0 Å². The van der Waals surface area contributed by atoms with Crippen LogP contribution in [0.2, 0.25) is 0 Å². The van der Waals surface area contributed by atoms with Gasteiger partial charge in [-0.2, -0.15) is 0 Å². The molecule has 0 aliphatic carbocycles. The Kier molecular flexibility index (Phi) is 2.77. The minimum Gasteiger partial charge on any atom is -0.304 e. The number of nitrogens with zero attached hydrogens (tertiary/aromatic N) is 3. The Bertz CT molecular complexity index is 241. The van der Waals surface area contributed by atoms with Crippen LogP contribution in [0.1, 0.15) is 0 Å². The van der Waals surface area contributed by atoms with E-state index in [0.29, 0.717) is 0 Å². The fourth-order valence-corrected chi connectivity index (χ4v) is 1.89. The van der Waals surface area contributed by atoms with Crippen LogP contribution in [-0.4, -0.2) is 48.1 Å². The maximum absolute atomic E-state index is 4.18. The van der Waals surface area contributed by atoms with E-state index >= 15 is 0 Å². The number of piperazine rings is 1. The Labute approximate surface area is 82.1 Å². The van der Waals surface area contributed by atoms with E-state index in [1.165, 1.54) is 0 Å². The predicted octanol–water partition coefficient (Wildman–Crippen LogP) is 0.717. The lowest BCUT2D eigenvalue weighted by Gasteiger charge is -2.32. The summed E-state index contributed by atoms with van der Waals surface area (Å²) in [5.41, 5.74) is 3.30. The van der Waals surface area contributed by atoms with Crippen molar-refractivity contribution in [3.63, 3.8) is 0 Å². The largest absolute Gasteiger partial charge is 0.304 e. The molecule has 0 bridgehead atoms. The molecule has 1 N–H and O–H groups in total. The molecule has 4 nitrogen and oxygen atoms in total. The van der Waals surface area contributed by atoms with Gasteiger partial charge in [-0.15, -0.1) is 11.3 Å². The second-order valence-electron chi connectivity index (χ2n) is 3.24. The number of hydrogen-bond donors (Lipinski definition) is 1. The van der Waals surface area contributed by atoms with Crippen LogP contribution in [0.4, 0.5) is 5.13 Å². The lowest BCUT2D eigenvalue weighted by atomic mass is 10.4. The van der Waals surface area contributed by atoms with Crippen LogP contribution in [0, 0.1) is 0 Å². The highest BCUT2D eigenvalue weighted by atomic mass is 32.1. The first kappa shape index (κ1) is 8.93. The third kappa shape index (κ3) is 2.40. The normalized spacial score (nSPS) is 20.4. The van der Waals surface area contributed by atoms with E-state index in [1.807, 2.05) is 11.6 Å². The van der Waals surface area contributed by atoms with E-state index in [-0.39, 0.29) is 0 Å². The van der Waals surface area contributed by atoms with Gasteiger partial charge < -0.3 is 4.90 Å². The van der Waals surface area contributed by atoms with Crippen molar-refractivity contribution in [1.29, 1.82) is 0 Å². The molecule has 0 radical (unpaired) electrons. The molecule has 2 rings (SSSR count). The molecular formula is C8H14N4S. The topological polar surface area (TPSA) is 31.4 Å². The van der Waals surface area contributed by atoms with Crippen LogP contribution < -0.4 is 5.43 Å². The van der Waals surface area contributed by atoms with Crippen molar-refractivity contribution in [3.8, 4) is 0 Å². The quantitative estimate of drug-likeness (QED) is 0.758. The summed E-state index contributed by atoms with van der Waals surface area (Å²) in [5.74, 6) is 0. The predicted molar refractivity (Wildman–Crippen MR) is 54.8 cm³/mol. The number of hydrazine groups is 1. The number of hydrogen-bond acceptors (Lipinski definition) is 5. The highest BCUT2D eigenvalue weighted by Gasteiger charge is 2.13. The summed E-state index contributed by atoms with van der Waals surface area (Å²) in [6, 6.07) is 0. The van der Waals surface area contributed by atoms with E-state index in [1.54, 1.807) is 11.3 Å². The summed E-state index contributed by atoms with van der Waals surface area (Å²) in [6.07, 6.45) is 1.82. The molecule has 1 aromatic heterocycles. The van der Waals surface area contributed by atoms with E-state index in [2.05, 4.69) is 27.4 Å². The number of anilines is 1. The highest BCUT2D eigenvalue weighted by Crippen LogP contribution is 2.12. The van der Waals surface area contributed by atoms with Crippen LogP contribution in [-0.2, 0) is 0 Å². The molecule has 1 saturated heterocycles. The third-order valence-corrected chi connectivity index (χ3v) is 2.87. The van der Waals surface area contributed by atoms with Crippen LogP contribution in [0.5, 0.6) is 0 Å². The van der Waals surface area contributed by atoms with Gasteiger partial charge in [-0.1, -0.05) is 0 Å². The molecule has 72 valence electrons. The molecule has 1 aliphatic heterocycles. The Morgan fingerprint density at radius 1 is 1.38 bits per heavy atom. The lowest BCUT2D eigenvalue weighted by molar-refractivity contribution is 0.179. The Balaban J connectivity index is 1.83. The number of rotatable bonds is 2. The average molecular weight is 198 g/mol. The minimum absolute atomic E-state index is 0.990. The Morgan fingerprint density at radius 2 is 2.15 bits per heavy atom. The summed E-state index contributed by atoms with van der Waals surface area (Å²) >= 11 is 1.64. The number of likely N-dealkylation sites (N-methyl/N-ethyl adjacent to an activating group) is 1. The fraction of sp³-hybridized carbons (Fsp3) is 0.625. The molecule has 5 heteroatoms. The van der Waals surface area contributed by atoms with Gasteiger partial charge in [-0.05, 0) is 7.05 Å². The van der Waals surface area contributed by atoms with Gasteiger partial charge in [0.1, 0.15) is 0 Å². The van der Waals surface area contributed by atoms with Crippen LogP contribution in [0.15, 0.2) is 11.6 Å².